The van der Waals surface area contributed by atoms with Crippen molar-refractivity contribution in [2.75, 3.05) is 5.73 Å². The standard InChI is InChI=1S/C13H16N4O2/c1-8-6-10(4-5-11(8)14)13(18)19-7-12-16-15-9(2)17(12)3/h4-6H,7,14H2,1-3H3. The van der Waals surface area contributed by atoms with E-state index in [9.17, 15) is 4.79 Å². The molecule has 2 N–H and O–H groups in total. The zero-order valence-electron chi connectivity index (χ0n) is 11.2. The first-order valence-corrected chi connectivity index (χ1v) is 5.87. The van der Waals surface area contributed by atoms with Crippen LogP contribution in [0.15, 0.2) is 18.2 Å². The zero-order chi connectivity index (χ0) is 14.0. The predicted octanol–water partition coefficient (Wildman–Crippen LogP) is 1.37. The molecule has 6 heteroatoms. The van der Waals surface area contributed by atoms with Crippen LogP contribution < -0.4 is 5.73 Å². The quantitative estimate of drug-likeness (QED) is 0.665. The molecule has 1 heterocycles. The smallest absolute Gasteiger partial charge is 0.338 e. The summed E-state index contributed by atoms with van der Waals surface area (Å²) in [6.07, 6.45) is 0. The Hall–Kier alpha value is -2.37. The number of aromatic nitrogens is 3. The molecule has 0 unspecified atom stereocenters. The van der Waals surface area contributed by atoms with Crippen LogP contribution in [0.5, 0.6) is 0 Å². The van der Waals surface area contributed by atoms with Gasteiger partial charge >= 0.3 is 5.97 Å². The lowest BCUT2D eigenvalue weighted by molar-refractivity contribution is 0.0458. The fourth-order valence-electron chi connectivity index (χ4n) is 1.59. The van der Waals surface area contributed by atoms with Crippen molar-refractivity contribution in [1.29, 1.82) is 0 Å². The van der Waals surface area contributed by atoms with Gasteiger partial charge in [-0.15, -0.1) is 10.2 Å². The van der Waals surface area contributed by atoms with Crippen molar-refractivity contribution in [3.8, 4) is 0 Å². The summed E-state index contributed by atoms with van der Waals surface area (Å²) in [5.74, 6) is 0.983. The summed E-state index contributed by atoms with van der Waals surface area (Å²) in [6, 6.07) is 5.05. The molecule has 0 aliphatic carbocycles. The monoisotopic (exact) mass is 260 g/mol. The van der Waals surface area contributed by atoms with Crippen LogP contribution in [0.25, 0.3) is 0 Å². The number of carbonyl (C=O) groups excluding carboxylic acids is 1. The van der Waals surface area contributed by atoms with E-state index in [1.807, 2.05) is 20.9 Å². The van der Waals surface area contributed by atoms with Crippen molar-refractivity contribution >= 4 is 11.7 Å². The first kappa shape index (κ1) is 13.1. The number of nitrogens with zero attached hydrogens (tertiary/aromatic N) is 3. The highest BCUT2D eigenvalue weighted by molar-refractivity contribution is 5.90. The van der Waals surface area contributed by atoms with Crippen molar-refractivity contribution in [3.63, 3.8) is 0 Å². The van der Waals surface area contributed by atoms with Crippen molar-refractivity contribution in [2.24, 2.45) is 7.05 Å². The summed E-state index contributed by atoms with van der Waals surface area (Å²) >= 11 is 0. The second kappa shape index (κ2) is 5.09. The number of hydrogen-bond acceptors (Lipinski definition) is 5. The summed E-state index contributed by atoms with van der Waals surface area (Å²) in [6.45, 7) is 3.78. The maximum Gasteiger partial charge on any atom is 0.338 e. The first-order valence-electron chi connectivity index (χ1n) is 5.87. The fourth-order valence-corrected chi connectivity index (χ4v) is 1.59. The molecule has 0 amide bonds. The third-order valence-electron chi connectivity index (χ3n) is 3.02. The van der Waals surface area contributed by atoms with Crippen LogP contribution in [-0.2, 0) is 18.4 Å². The Morgan fingerprint density at radius 2 is 2.11 bits per heavy atom. The molecule has 0 radical (unpaired) electrons. The van der Waals surface area contributed by atoms with Crippen LogP contribution in [0.1, 0.15) is 27.6 Å². The van der Waals surface area contributed by atoms with E-state index in [2.05, 4.69) is 10.2 Å². The van der Waals surface area contributed by atoms with Gasteiger partial charge in [0.25, 0.3) is 0 Å². The summed E-state index contributed by atoms with van der Waals surface area (Å²) in [5, 5.41) is 7.83. The van der Waals surface area contributed by atoms with Gasteiger partial charge in [0.2, 0.25) is 0 Å². The topological polar surface area (TPSA) is 83.0 Å². The molecular formula is C13H16N4O2. The zero-order valence-corrected chi connectivity index (χ0v) is 11.2. The van der Waals surface area contributed by atoms with Crippen LogP contribution in [0.4, 0.5) is 5.69 Å². The predicted molar refractivity (Wildman–Crippen MR) is 70.5 cm³/mol. The van der Waals surface area contributed by atoms with Gasteiger partial charge in [-0.25, -0.2) is 4.79 Å². The summed E-state index contributed by atoms with van der Waals surface area (Å²) in [7, 11) is 1.83. The molecule has 0 atom stereocenters. The van der Waals surface area contributed by atoms with E-state index in [0.29, 0.717) is 17.1 Å². The van der Waals surface area contributed by atoms with Crippen molar-refractivity contribution in [3.05, 3.63) is 41.0 Å². The Labute approximate surface area is 111 Å². The van der Waals surface area contributed by atoms with Crippen molar-refractivity contribution in [2.45, 2.75) is 20.5 Å². The molecule has 6 nitrogen and oxygen atoms in total. The second-order valence-corrected chi connectivity index (χ2v) is 4.37. The van der Waals surface area contributed by atoms with Gasteiger partial charge in [0.05, 0.1) is 5.56 Å². The number of nitrogen functional groups attached to an aromatic ring is 1. The maximum absolute atomic E-state index is 11.9. The Bertz CT molecular complexity index is 619. The molecule has 0 aliphatic rings. The van der Waals surface area contributed by atoms with Gasteiger partial charge < -0.3 is 15.0 Å². The van der Waals surface area contributed by atoms with Gasteiger partial charge in [-0.3, -0.25) is 0 Å². The van der Waals surface area contributed by atoms with E-state index in [1.165, 1.54) is 0 Å². The average molecular weight is 260 g/mol. The molecule has 0 aliphatic heterocycles. The van der Waals surface area contributed by atoms with Crippen LogP contribution >= 0.6 is 0 Å². The molecule has 1 aromatic heterocycles. The third-order valence-corrected chi connectivity index (χ3v) is 3.02. The van der Waals surface area contributed by atoms with E-state index in [4.69, 9.17) is 10.5 Å². The van der Waals surface area contributed by atoms with E-state index >= 15 is 0 Å². The SMILES string of the molecule is Cc1cc(C(=O)OCc2nnc(C)n2C)ccc1N. The maximum atomic E-state index is 11.9. The van der Waals surface area contributed by atoms with Crippen LogP contribution in [-0.4, -0.2) is 20.7 Å². The van der Waals surface area contributed by atoms with Crippen LogP contribution in [0.2, 0.25) is 0 Å². The molecule has 2 rings (SSSR count). The number of benzene rings is 1. The normalized spacial score (nSPS) is 10.5. The summed E-state index contributed by atoms with van der Waals surface area (Å²) < 4.78 is 6.98. The van der Waals surface area contributed by atoms with Crippen LogP contribution in [0.3, 0.4) is 0 Å². The number of rotatable bonds is 3. The van der Waals surface area contributed by atoms with E-state index in [0.717, 1.165) is 11.4 Å². The van der Waals surface area contributed by atoms with Crippen LogP contribution in [0, 0.1) is 13.8 Å². The first-order chi connectivity index (χ1) is 8.99. The number of aryl methyl sites for hydroxylation is 2. The lowest BCUT2D eigenvalue weighted by atomic mass is 10.1. The number of ether oxygens (including phenoxy) is 1. The minimum absolute atomic E-state index is 0.0968. The van der Waals surface area contributed by atoms with Gasteiger partial charge in [0.15, 0.2) is 12.4 Å². The molecule has 0 bridgehead atoms. The largest absolute Gasteiger partial charge is 0.454 e. The summed E-state index contributed by atoms with van der Waals surface area (Å²) in [5.41, 5.74) is 7.68. The molecule has 1 aromatic carbocycles. The molecule has 2 aromatic rings. The van der Waals surface area contributed by atoms with Gasteiger partial charge in [-0.1, -0.05) is 0 Å². The molecule has 19 heavy (non-hydrogen) atoms. The lowest BCUT2D eigenvalue weighted by Gasteiger charge is -2.06. The van der Waals surface area contributed by atoms with Gasteiger partial charge in [-0.2, -0.15) is 0 Å². The van der Waals surface area contributed by atoms with Gasteiger partial charge in [0, 0.05) is 12.7 Å². The van der Waals surface area contributed by atoms with Gasteiger partial charge in [-0.05, 0) is 37.6 Å². The highest BCUT2D eigenvalue weighted by atomic mass is 16.5. The molecular weight excluding hydrogens is 244 g/mol. The van der Waals surface area contributed by atoms with Crippen molar-refractivity contribution < 1.29 is 9.53 Å². The Balaban J connectivity index is 2.05. The second-order valence-electron chi connectivity index (χ2n) is 4.37. The molecule has 0 spiro atoms. The number of anilines is 1. The third kappa shape index (κ3) is 2.73. The molecule has 100 valence electrons. The van der Waals surface area contributed by atoms with E-state index < -0.39 is 5.97 Å². The Morgan fingerprint density at radius 3 is 2.68 bits per heavy atom. The number of esters is 1. The number of nitrogens with two attached hydrogens (primary N) is 1. The molecule has 0 saturated heterocycles. The Kier molecular flexibility index (Phi) is 3.50. The van der Waals surface area contributed by atoms with E-state index in [1.54, 1.807) is 22.8 Å². The minimum Gasteiger partial charge on any atom is -0.454 e. The van der Waals surface area contributed by atoms with Crippen molar-refractivity contribution in [1.82, 2.24) is 14.8 Å². The van der Waals surface area contributed by atoms with E-state index in [-0.39, 0.29) is 6.61 Å². The average Bonchev–Trinajstić information content (AvgIpc) is 2.70. The Morgan fingerprint density at radius 1 is 1.37 bits per heavy atom. The summed E-state index contributed by atoms with van der Waals surface area (Å²) in [4.78, 5) is 11.9. The fraction of sp³-hybridized carbons (Fsp3) is 0.308. The number of carbonyl (C=O) groups is 1. The highest BCUT2D eigenvalue weighted by Crippen LogP contribution is 2.14. The number of hydrogen-bond donors (Lipinski definition) is 1. The van der Waals surface area contributed by atoms with Gasteiger partial charge in [0.1, 0.15) is 5.82 Å². The highest BCUT2D eigenvalue weighted by Gasteiger charge is 2.11. The lowest BCUT2D eigenvalue weighted by Crippen LogP contribution is -2.09. The molecule has 0 fully saturated rings. The minimum atomic E-state index is -0.399. The molecule has 0 saturated carbocycles.